The zero-order valence-electron chi connectivity index (χ0n) is 15.1. The Kier molecular flexibility index (Phi) is 4.90. The predicted octanol–water partition coefficient (Wildman–Crippen LogP) is 3.59. The van der Waals surface area contributed by atoms with Gasteiger partial charge in [0.2, 0.25) is 0 Å². The van der Waals surface area contributed by atoms with E-state index in [0.29, 0.717) is 23.6 Å². The van der Waals surface area contributed by atoms with Crippen LogP contribution in [-0.2, 0) is 6.54 Å². The molecule has 1 aliphatic heterocycles. The van der Waals surface area contributed by atoms with Crippen LogP contribution in [0.15, 0.2) is 48.8 Å². The van der Waals surface area contributed by atoms with Gasteiger partial charge in [-0.1, -0.05) is 0 Å². The van der Waals surface area contributed by atoms with Gasteiger partial charge in [-0.3, -0.25) is 9.55 Å². The van der Waals surface area contributed by atoms with Gasteiger partial charge in [-0.15, -0.1) is 13.2 Å². The fourth-order valence-electron chi connectivity index (χ4n) is 2.84. The third kappa shape index (κ3) is 4.42. The largest absolute Gasteiger partial charge is 0.573 e. The number of imidazole rings is 1. The number of nitrogens with zero attached hydrogens (tertiary/aromatic N) is 4. The van der Waals surface area contributed by atoms with Gasteiger partial charge in [0.05, 0.1) is 18.4 Å². The molecule has 0 bridgehead atoms. The van der Waals surface area contributed by atoms with Crippen molar-refractivity contribution in [1.82, 2.24) is 14.5 Å². The molecule has 0 radical (unpaired) electrons. The average molecular weight is 422 g/mol. The molecule has 4 rings (SSSR count). The maximum atomic E-state index is 12.2. The monoisotopic (exact) mass is 422 g/mol. The summed E-state index contributed by atoms with van der Waals surface area (Å²) in [6.45, 7) is 0.551. The van der Waals surface area contributed by atoms with Gasteiger partial charge in [0.1, 0.15) is 24.3 Å². The van der Waals surface area contributed by atoms with E-state index >= 15 is 0 Å². The molecule has 0 saturated heterocycles. The van der Waals surface area contributed by atoms with Gasteiger partial charge >= 0.3 is 18.2 Å². The van der Waals surface area contributed by atoms with Crippen LogP contribution in [0.5, 0.6) is 17.5 Å². The highest BCUT2D eigenvalue weighted by Crippen LogP contribution is 2.27. The Balaban J connectivity index is 1.32. The van der Waals surface area contributed by atoms with Crippen molar-refractivity contribution in [3.8, 4) is 28.8 Å². The van der Waals surface area contributed by atoms with Crippen LogP contribution in [0.25, 0.3) is 11.3 Å². The summed E-state index contributed by atoms with van der Waals surface area (Å²) in [5.74, 6) is -0.120. The van der Waals surface area contributed by atoms with E-state index in [4.69, 9.17) is 9.47 Å². The molecule has 0 N–H and O–H groups in total. The molecule has 30 heavy (non-hydrogen) atoms. The second-order valence-corrected chi connectivity index (χ2v) is 6.29. The minimum atomic E-state index is -4.74. The molecule has 0 aliphatic carbocycles. The summed E-state index contributed by atoms with van der Waals surface area (Å²) in [4.78, 5) is 18.1. The Hall–Kier alpha value is -3.83. The van der Waals surface area contributed by atoms with Crippen molar-refractivity contribution in [2.45, 2.75) is 19.0 Å². The first kappa shape index (κ1) is 19.5. The Morgan fingerprint density at radius 2 is 1.93 bits per heavy atom. The smallest absolute Gasteiger partial charge is 0.488 e. The zero-order chi connectivity index (χ0) is 21.3. The Labute approximate surface area is 166 Å². The summed E-state index contributed by atoms with van der Waals surface area (Å²) in [6, 6.07) is 8.86. The third-order valence-electron chi connectivity index (χ3n) is 4.14. The van der Waals surface area contributed by atoms with Gasteiger partial charge in [0.25, 0.3) is 0 Å². The fraction of sp³-hybridized carbons (Fsp3) is 0.222. The number of benzene rings is 1. The summed E-state index contributed by atoms with van der Waals surface area (Å²) in [5, 5.41) is 10.7. The van der Waals surface area contributed by atoms with Gasteiger partial charge in [0.15, 0.2) is 6.10 Å². The summed E-state index contributed by atoms with van der Waals surface area (Å²) in [7, 11) is 0. The quantitative estimate of drug-likeness (QED) is 0.442. The minimum absolute atomic E-state index is 0.168. The molecule has 1 atom stereocenters. The van der Waals surface area contributed by atoms with Crippen molar-refractivity contribution in [3.63, 3.8) is 0 Å². The minimum Gasteiger partial charge on any atom is -0.488 e. The van der Waals surface area contributed by atoms with Gasteiger partial charge in [-0.25, -0.2) is 0 Å². The molecule has 0 amide bonds. The Morgan fingerprint density at radius 1 is 1.20 bits per heavy atom. The standard InChI is InChI=1S/C18H13F3N4O5/c19-18(20,21)30-12-3-1-11(2-4-12)15-6-5-13(7-22-15)28-10-14-8-24-9-16(25(26)27)23-17(24)29-14/h1-7,9,14H,8,10H2. The van der Waals surface area contributed by atoms with E-state index in [2.05, 4.69) is 14.7 Å². The molecular weight excluding hydrogens is 409 g/mol. The Bertz CT molecular complexity index is 1030. The fourth-order valence-corrected chi connectivity index (χ4v) is 2.84. The number of rotatable bonds is 6. The van der Waals surface area contributed by atoms with E-state index < -0.39 is 11.3 Å². The van der Waals surface area contributed by atoms with Crippen molar-refractivity contribution in [3.05, 3.63) is 58.9 Å². The first-order valence-corrected chi connectivity index (χ1v) is 8.60. The highest BCUT2D eigenvalue weighted by Gasteiger charge is 2.32. The number of ether oxygens (including phenoxy) is 3. The lowest BCUT2D eigenvalue weighted by molar-refractivity contribution is -0.389. The predicted molar refractivity (Wildman–Crippen MR) is 95.1 cm³/mol. The molecule has 12 heteroatoms. The van der Waals surface area contributed by atoms with Crippen LogP contribution in [-0.4, -0.2) is 38.5 Å². The number of aromatic nitrogens is 3. The number of nitro groups is 1. The maximum absolute atomic E-state index is 12.2. The number of hydrogen-bond donors (Lipinski definition) is 0. The summed E-state index contributed by atoms with van der Waals surface area (Å²) >= 11 is 0. The molecule has 3 heterocycles. The van der Waals surface area contributed by atoms with Crippen LogP contribution in [0.3, 0.4) is 0 Å². The lowest BCUT2D eigenvalue weighted by Crippen LogP contribution is -2.23. The highest BCUT2D eigenvalue weighted by molar-refractivity contribution is 5.60. The zero-order valence-corrected chi connectivity index (χ0v) is 15.1. The van der Waals surface area contributed by atoms with Crippen molar-refractivity contribution in [2.24, 2.45) is 0 Å². The van der Waals surface area contributed by atoms with Crippen LogP contribution in [0.4, 0.5) is 19.0 Å². The lowest BCUT2D eigenvalue weighted by atomic mass is 10.1. The Morgan fingerprint density at radius 3 is 2.53 bits per heavy atom. The van der Waals surface area contributed by atoms with Crippen molar-refractivity contribution in [2.75, 3.05) is 6.61 Å². The first-order valence-electron chi connectivity index (χ1n) is 8.60. The SMILES string of the molecule is O=[N+]([O-])c1cn2c(n1)OC(COc1ccc(-c3ccc(OC(F)(F)F)cc3)nc1)C2. The van der Waals surface area contributed by atoms with Gasteiger partial charge in [-0.2, -0.15) is 0 Å². The molecule has 0 saturated carbocycles. The molecule has 1 unspecified atom stereocenters. The highest BCUT2D eigenvalue weighted by atomic mass is 19.4. The lowest BCUT2D eigenvalue weighted by Gasteiger charge is -2.11. The number of pyridine rings is 1. The topological polar surface area (TPSA) is 102 Å². The van der Waals surface area contributed by atoms with E-state index in [1.807, 2.05) is 0 Å². The number of fused-ring (bicyclic) bond motifs is 1. The molecule has 9 nitrogen and oxygen atoms in total. The van der Waals surface area contributed by atoms with Gasteiger partial charge in [0, 0.05) is 10.5 Å². The summed E-state index contributed by atoms with van der Waals surface area (Å²) in [6.07, 6.45) is -2.31. The normalized spacial score (nSPS) is 15.4. The van der Waals surface area contributed by atoms with Crippen LogP contribution < -0.4 is 14.2 Å². The van der Waals surface area contributed by atoms with Gasteiger partial charge < -0.3 is 24.3 Å². The summed E-state index contributed by atoms with van der Waals surface area (Å²) < 4.78 is 53.2. The van der Waals surface area contributed by atoms with Crippen molar-refractivity contribution < 1.29 is 32.3 Å². The van der Waals surface area contributed by atoms with E-state index in [0.717, 1.165) is 0 Å². The van der Waals surface area contributed by atoms with E-state index in [9.17, 15) is 23.3 Å². The van der Waals surface area contributed by atoms with Crippen molar-refractivity contribution in [1.29, 1.82) is 0 Å². The van der Waals surface area contributed by atoms with E-state index in [1.54, 1.807) is 16.7 Å². The molecule has 1 aromatic carbocycles. The first-order chi connectivity index (χ1) is 14.3. The van der Waals surface area contributed by atoms with E-state index in [1.165, 1.54) is 36.7 Å². The molecule has 0 fully saturated rings. The number of halogens is 3. The van der Waals surface area contributed by atoms with Crippen LogP contribution in [0.1, 0.15) is 0 Å². The van der Waals surface area contributed by atoms with Crippen LogP contribution in [0.2, 0.25) is 0 Å². The average Bonchev–Trinajstić information content (AvgIpc) is 3.25. The molecular formula is C18H13F3N4O5. The number of alkyl halides is 3. The van der Waals surface area contributed by atoms with E-state index in [-0.39, 0.29) is 30.3 Å². The maximum Gasteiger partial charge on any atom is 0.573 e. The van der Waals surface area contributed by atoms with Gasteiger partial charge in [-0.05, 0) is 41.3 Å². The number of hydrogen-bond acceptors (Lipinski definition) is 7. The summed E-state index contributed by atoms with van der Waals surface area (Å²) in [5.41, 5.74) is 1.16. The van der Waals surface area contributed by atoms with Crippen molar-refractivity contribution >= 4 is 5.82 Å². The molecule has 2 aromatic heterocycles. The molecule has 0 spiro atoms. The second-order valence-electron chi connectivity index (χ2n) is 6.29. The molecule has 3 aromatic rings. The third-order valence-corrected chi connectivity index (χ3v) is 4.14. The molecule has 156 valence electrons. The van der Waals surface area contributed by atoms with Crippen LogP contribution in [0, 0.1) is 10.1 Å². The van der Waals surface area contributed by atoms with Crippen LogP contribution >= 0.6 is 0 Å². The second kappa shape index (κ2) is 7.54. The molecule has 1 aliphatic rings.